The van der Waals surface area contributed by atoms with E-state index >= 15 is 0 Å². The third-order valence-corrected chi connectivity index (χ3v) is 9.01. The molecule has 3 atom stereocenters. The van der Waals surface area contributed by atoms with Gasteiger partial charge in [-0.25, -0.2) is 9.78 Å². The standard InChI is InChI=1S/C30H33N5O3S/c1-4-19-8-5-6-10-24(19)38-21-11-12-22(18(2)16-21)35-23-13-14-31-29-25(23)26(33-30(35)37)27(39-29)28(36)32-20-9-7-15-34(3)17-20/h5-6,8,10-14,16,20,26-27H,4,7,9,15,17H2,1-3H3,(H,32,36)(H,33,37)/t20?,26?,27-/m1/s1. The molecule has 2 N–H and O–H groups in total. The number of amides is 3. The number of hydrogen-bond donors (Lipinski definition) is 2. The first-order chi connectivity index (χ1) is 18.9. The van der Waals surface area contributed by atoms with Crippen molar-refractivity contribution in [3.05, 3.63) is 71.4 Å². The lowest BCUT2D eigenvalue weighted by Crippen LogP contribution is -2.52. The van der Waals surface area contributed by atoms with Gasteiger partial charge in [-0.05, 0) is 81.2 Å². The fraction of sp³-hybridized carbons (Fsp3) is 0.367. The van der Waals surface area contributed by atoms with Crippen LogP contribution in [0.5, 0.6) is 11.5 Å². The molecule has 2 unspecified atom stereocenters. The van der Waals surface area contributed by atoms with E-state index in [1.807, 2.05) is 49.4 Å². The summed E-state index contributed by atoms with van der Waals surface area (Å²) in [6.07, 6.45) is 4.63. The number of rotatable bonds is 6. The van der Waals surface area contributed by atoms with Gasteiger partial charge in [0.2, 0.25) is 5.91 Å². The van der Waals surface area contributed by atoms with Crippen LogP contribution in [0, 0.1) is 6.92 Å². The Hall–Kier alpha value is -3.56. The number of thioether (sulfide) groups is 1. The highest BCUT2D eigenvalue weighted by Gasteiger charge is 2.47. The molecule has 0 spiro atoms. The van der Waals surface area contributed by atoms with E-state index in [4.69, 9.17) is 4.74 Å². The average molecular weight is 544 g/mol. The molecule has 1 aromatic heterocycles. The SMILES string of the molecule is CCc1ccccc1Oc1ccc(N2C(=O)NC3c4c2ccnc4S[C@H]3C(=O)NC2CCCN(C)C2)c(C)c1. The summed E-state index contributed by atoms with van der Waals surface area (Å²) in [5.74, 6) is 1.50. The largest absolute Gasteiger partial charge is 0.457 e. The lowest BCUT2D eigenvalue weighted by Gasteiger charge is -2.35. The van der Waals surface area contributed by atoms with Crippen LogP contribution < -0.4 is 20.3 Å². The number of nitrogens with one attached hydrogen (secondary N) is 2. The van der Waals surface area contributed by atoms with Crippen molar-refractivity contribution in [3.63, 3.8) is 0 Å². The van der Waals surface area contributed by atoms with Gasteiger partial charge >= 0.3 is 6.03 Å². The molecule has 9 heteroatoms. The smallest absolute Gasteiger partial charge is 0.327 e. The summed E-state index contributed by atoms with van der Waals surface area (Å²) < 4.78 is 6.20. The zero-order chi connectivity index (χ0) is 27.1. The van der Waals surface area contributed by atoms with Gasteiger partial charge in [-0.3, -0.25) is 9.69 Å². The highest BCUT2D eigenvalue weighted by molar-refractivity contribution is 8.01. The van der Waals surface area contributed by atoms with E-state index in [9.17, 15) is 9.59 Å². The van der Waals surface area contributed by atoms with Crippen molar-refractivity contribution in [2.75, 3.05) is 25.0 Å². The van der Waals surface area contributed by atoms with E-state index in [2.05, 4.69) is 40.6 Å². The number of ether oxygens (including phenoxy) is 1. The van der Waals surface area contributed by atoms with Gasteiger partial charge in [0, 0.05) is 24.3 Å². The number of carbonyl (C=O) groups excluding carboxylic acids is 2. The third-order valence-electron chi connectivity index (χ3n) is 7.73. The monoisotopic (exact) mass is 543 g/mol. The Labute approximate surface area is 233 Å². The first kappa shape index (κ1) is 25.7. The first-order valence-electron chi connectivity index (χ1n) is 13.5. The molecule has 0 bridgehead atoms. The topological polar surface area (TPSA) is 86.8 Å². The average Bonchev–Trinajstić information content (AvgIpc) is 3.29. The summed E-state index contributed by atoms with van der Waals surface area (Å²) in [5.41, 5.74) is 4.47. The molecular formula is C30H33N5O3S. The molecule has 3 aliphatic rings. The summed E-state index contributed by atoms with van der Waals surface area (Å²) in [4.78, 5) is 35.5. The van der Waals surface area contributed by atoms with Gasteiger partial charge in [0.15, 0.2) is 0 Å². The van der Waals surface area contributed by atoms with Crippen LogP contribution in [-0.2, 0) is 11.2 Å². The molecule has 0 radical (unpaired) electrons. The summed E-state index contributed by atoms with van der Waals surface area (Å²) in [6, 6.07) is 15.1. The number of likely N-dealkylation sites (tertiary alicyclic amines) is 1. The number of hydrogen-bond acceptors (Lipinski definition) is 6. The lowest BCUT2D eigenvalue weighted by atomic mass is 9.98. The molecule has 39 heavy (non-hydrogen) atoms. The number of carbonyl (C=O) groups is 2. The van der Waals surface area contributed by atoms with Crippen LogP contribution in [0.1, 0.15) is 42.5 Å². The van der Waals surface area contributed by atoms with Crippen molar-refractivity contribution in [3.8, 4) is 11.5 Å². The predicted molar refractivity (Wildman–Crippen MR) is 153 cm³/mol. The fourth-order valence-corrected chi connectivity index (χ4v) is 7.03. The highest BCUT2D eigenvalue weighted by atomic mass is 32.2. The van der Waals surface area contributed by atoms with Gasteiger partial charge in [0.05, 0.1) is 17.4 Å². The minimum Gasteiger partial charge on any atom is -0.457 e. The number of para-hydroxylation sites is 1. The Balaban J connectivity index is 1.26. The van der Waals surface area contributed by atoms with Crippen molar-refractivity contribution < 1.29 is 14.3 Å². The molecule has 1 saturated heterocycles. The van der Waals surface area contributed by atoms with Crippen molar-refractivity contribution in [1.29, 1.82) is 0 Å². The fourth-order valence-electron chi connectivity index (χ4n) is 5.80. The van der Waals surface area contributed by atoms with E-state index in [1.54, 1.807) is 11.1 Å². The Morgan fingerprint density at radius 3 is 2.85 bits per heavy atom. The summed E-state index contributed by atoms with van der Waals surface area (Å²) in [7, 11) is 2.08. The lowest BCUT2D eigenvalue weighted by molar-refractivity contribution is -0.122. The molecule has 1 fully saturated rings. The number of nitrogens with zero attached hydrogens (tertiary/aromatic N) is 3. The number of aryl methyl sites for hydroxylation is 2. The molecule has 202 valence electrons. The van der Waals surface area contributed by atoms with Gasteiger partial charge in [0.25, 0.3) is 0 Å². The molecule has 0 saturated carbocycles. The second-order valence-electron chi connectivity index (χ2n) is 10.5. The first-order valence-corrected chi connectivity index (χ1v) is 14.4. The van der Waals surface area contributed by atoms with Crippen molar-refractivity contribution in [2.24, 2.45) is 0 Å². The maximum atomic E-state index is 13.6. The molecule has 3 aromatic rings. The molecular weight excluding hydrogens is 510 g/mol. The minimum atomic E-state index is -0.456. The number of anilines is 2. The number of aromatic nitrogens is 1. The predicted octanol–water partition coefficient (Wildman–Crippen LogP) is 5.33. The summed E-state index contributed by atoms with van der Waals surface area (Å²) in [5, 5.41) is 6.68. The van der Waals surface area contributed by atoms with E-state index < -0.39 is 11.3 Å². The van der Waals surface area contributed by atoms with Crippen LogP contribution in [0.2, 0.25) is 0 Å². The van der Waals surface area contributed by atoms with Gasteiger partial charge < -0.3 is 20.3 Å². The Bertz CT molecular complexity index is 1430. The maximum Gasteiger partial charge on any atom is 0.327 e. The third kappa shape index (κ3) is 4.85. The second kappa shape index (κ2) is 10.5. The van der Waals surface area contributed by atoms with Crippen molar-refractivity contribution in [1.82, 2.24) is 20.5 Å². The Morgan fingerprint density at radius 1 is 1.21 bits per heavy atom. The molecule has 3 amide bonds. The molecule has 8 nitrogen and oxygen atoms in total. The van der Waals surface area contributed by atoms with Crippen LogP contribution in [0.4, 0.5) is 16.2 Å². The molecule has 2 aromatic carbocycles. The molecule has 3 aliphatic heterocycles. The van der Waals surface area contributed by atoms with Crippen molar-refractivity contribution in [2.45, 2.75) is 55.5 Å². The zero-order valence-corrected chi connectivity index (χ0v) is 23.3. The number of benzene rings is 2. The number of pyridine rings is 1. The normalized spacial score (nSPS) is 22.3. The van der Waals surface area contributed by atoms with E-state index in [0.29, 0.717) is 5.75 Å². The number of urea groups is 1. The van der Waals surface area contributed by atoms with Crippen LogP contribution in [0.25, 0.3) is 0 Å². The maximum absolute atomic E-state index is 13.6. The van der Waals surface area contributed by atoms with Gasteiger partial charge in [0.1, 0.15) is 21.8 Å². The second-order valence-corrected chi connectivity index (χ2v) is 11.6. The highest BCUT2D eigenvalue weighted by Crippen LogP contribution is 2.51. The van der Waals surface area contributed by atoms with Crippen LogP contribution in [0.15, 0.2) is 59.8 Å². The number of likely N-dealkylation sites (N-methyl/N-ethyl adjacent to an activating group) is 1. The van der Waals surface area contributed by atoms with Gasteiger partial charge in [-0.2, -0.15) is 0 Å². The Kier molecular flexibility index (Phi) is 6.95. The van der Waals surface area contributed by atoms with Gasteiger partial charge in [-0.15, -0.1) is 0 Å². The van der Waals surface area contributed by atoms with E-state index in [-0.39, 0.29) is 18.0 Å². The van der Waals surface area contributed by atoms with E-state index in [1.165, 1.54) is 11.8 Å². The molecule has 4 heterocycles. The summed E-state index contributed by atoms with van der Waals surface area (Å²) in [6.45, 7) is 5.97. The summed E-state index contributed by atoms with van der Waals surface area (Å²) >= 11 is 1.43. The van der Waals surface area contributed by atoms with Crippen LogP contribution >= 0.6 is 11.8 Å². The minimum absolute atomic E-state index is 0.0481. The van der Waals surface area contributed by atoms with Crippen LogP contribution in [0.3, 0.4) is 0 Å². The Morgan fingerprint density at radius 2 is 2.05 bits per heavy atom. The van der Waals surface area contributed by atoms with Crippen molar-refractivity contribution >= 4 is 35.1 Å². The molecule has 0 aliphatic carbocycles. The van der Waals surface area contributed by atoms with Gasteiger partial charge in [-0.1, -0.05) is 36.9 Å². The quantitative estimate of drug-likeness (QED) is 0.437. The molecule has 6 rings (SSSR count). The van der Waals surface area contributed by atoms with E-state index in [0.717, 1.165) is 71.2 Å². The van der Waals surface area contributed by atoms with Crippen LogP contribution in [-0.4, -0.2) is 53.3 Å². The number of piperidine rings is 1. The zero-order valence-electron chi connectivity index (χ0n) is 22.4.